The molecule has 0 fully saturated rings. The molecule has 11 heteroatoms. The molecule has 234 valence electrons. The summed E-state index contributed by atoms with van der Waals surface area (Å²) < 4.78 is 67.3. The van der Waals surface area contributed by atoms with E-state index >= 15 is 0 Å². The molecule has 0 aliphatic rings. The highest BCUT2D eigenvalue weighted by molar-refractivity contribution is 7.86. The van der Waals surface area contributed by atoms with Crippen molar-refractivity contribution in [2.24, 2.45) is 0 Å². The van der Waals surface area contributed by atoms with Gasteiger partial charge in [0.15, 0.2) is 0 Å². The molecular formula is C29H52O10S. The number of unbranched alkanes of at least 4 members (excludes halogenated alkanes) is 5. The minimum absolute atomic E-state index is 0.0486. The topological polar surface area (TPSA) is 108 Å². The maximum atomic E-state index is 12.1. The Hall–Kier alpha value is -1.15. The second-order valence-corrected chi connectivity index (χ2v) is 10.8. The van der Waals surface area contributed by atoms with Crippen molar-refractivity contribution in [3.63, 3.8) is 0 Å². The predicted molar refractivity (Wildman–Crippen MR) is 153 cm³/mol. The van der Waals surface area contributed by atoms with Crippen LogP contribution < -0.4 is 0 Å². The maximum Gasteiger partial charge on any atom is 0.297 e. The molecule has 0 amide bonds. The van der Waals surface area contributed by atoms with Crippen LogP contribution >= 0.6 is 0 Å². The Morgan fingerprint density at radius 3 is 1.25 bits per heavy atom. The van der Waals surface area contributed by atoms with Crippen molar-refractivity contribution >= 4 is 10.1 Å². The van der Waals surface area contributed by atoms with E-state index in [1.807, 2.05) is 6.92 Å². The zero-order valence-electron chi connectivity index (χ0n) is 24.6. The van der Waals surface area contributed by atoms with Crippen LogP contribution in [0.4, 0.5) is 0 Å². The van der Waals surface area contributed by atoms with Crippen LogP contribution in [0.1, 0.15) is 51.0 Å². The lowest BCUT2D eigenvalue weighted by molar-refractivity contribution is -0.0212. The van der Waals surface area contributed by atoms with E-state index < -0.39 is 10.1 Å². The van der Waals surface area contributed by atoms with E-state index in [9.17, 15) is 8.42 Å². The van der Waals surface area contributed by atoms with Gasteiger partial charge in [-0.1, -0.05) is 56.7 Å². The van der Waals surface area contributed by atoms with Crippen LogP contribution in [0.3, 0.4) is 0 Å². The summed E-state index contributed by atoms with van der Waals surface area (Å²) in [5, 5.41) is 0. The van der Waals surface area contributed by atoms with E-state index in [0.717, 1.165) is 18.6 Å². The Kier molecular flexibility index (Phi) is 24.6. The van der Waals surface area contributed by atoms with Crippen LogP contribution in [-0.4, -0.2) is 108 Å². The first-order valence-corrected chi connectivity index (χ1v) is 16.0. The molecule has 0 atom stereocenters. The lowest BCUT2D eigenvalue weighted by atomic mass is 10.1. The summed E-state index contributed by atoms with van der Waals surface area (Å²) >= 11 is 0. The molecule has 0 spiro atoms. The Bertz CT molecular complexity index is 774. The molecule has 0 aliphatic carbocycles. The fourth-order valence-electron chi connectivity index (χ4n) is 3.38. The third-order valence-corrected chi connectivity index (χ3v) is 6.98. The number of rotatable bonds is 30. The summed E-state index contributed by atoms with van der Waals surface area (Å²) in [7, 11) is -3.76. The Morgan fingerprint density at radius 2 is 0.825 bits per heavy atom. The fraction of sp³-hybridized carbons (Fsp3) is 0.793. The van der Waals surface area contributed by atoms with Gasteiger partial charge in [-0.05, 0) is 25.5 Å². The van der Waals surface area contributed by atoms with Gasteiger partial charge in [0.05, 0.1) is 97.4 Å². The second kappa shape index (κ2) is 26.7. The van der Waals surface area contributed by atoms with Crippen molar-refractivity contribution in [3.8, 4) is 0 Å². The van der Waals surface area contributed by atoms with Gasteiger partial charge in [-0.2, -0.15) is 8.42 Å². The molecule has 0 saturated heterocycles. The third kappa shape index (κ3) is 22.5. The van der Waals surface area contributed by atoms with E-state index in [1.54, 1.807) is 12.1 Å². The molecule has 1 aromatic rings. The van der Waals surface area contributed by atoms with Gasteiger partial charge in [-0.3, -0.25) is 4.18 Å². The van der Waals surface area contributed by atoms with Gasteiger partial charge >= 0.3 is 0 Å². The average molecular weight is 593 g/mol. The van der Waals surface area contributed by atoms with Gasteiger partial charge in [0.1, 0.15) is 0 Å². The second-order valence-electron chi connectivity index (χ2n) is 9.14. The van der Waals surface area contributed by atoms with Gasteiger partial charge in [0.25, 0.3) is 10.1 Å². The predicted octanol–water partition coefficient (Wildman–Crippen LogP) is 4.18. The molecule has 0 aromatic heterocycles. The highest BCUT2D eigenvalue weighted by atomic mass is 32.2. The van der Waals surface area contributed by atoms with Crippen molar-refractivity contribution in [1.82, 2.24) is 0 Å². The van der Waals surface area contributed by atoms with Gasteiger partial charge in [0.2, 0.25) is 0 Å². The van der Waals surface area contributed by atoms with Crippen molar-refractivity contribution in [2.75, 3.05) is 99.1 Å². The lowest BCUT2D eigenvalue weighted by Crippen LogP contribution is -2.15. The van der Waals surface area contributed by atoms with Gasteiger partial charge in [0, 0.05) is 6.61 Å². The van der Waals surface area contributed by atoms with E-state index in [4.69, 9.17) is 37.3 Å². The highest BCUT2D eigenvalue weighted by Gasteiger charge is 2.14. The zero-order valence-corrected chi connectivity index (χ0v) is 25.5. The number of aryl methyl sites for hydroxylation is 1. The summed E-state index contributed by atoms with van der Waals surface area (Å²) in [6.07, 6.45) is 7.64. The monoisotopic (exact) mass is 592 g/mol. The van der Waals surface area contributed by atoms with Crippen molar-refractivity contribution < 1.29 is 45.8 Å². The average Bonchev–Trinajstić information content (AvgIpc) is 2.94. The van der Waals surface area contributed by atoms with Crippen LogP contribution in [0, 0.1) is 6.92 Å². The summed E-state index contributed by atoms with van der Waals surface area (Å²) in [5.41, 5.74) is 0.981. The molecular weight excluding hydrogens is 540 g/mol. The van der Waals surface area contributed by atoms with Crippen LogP contribution in [0.2, 0.25) is 0 Å². The summed E-state index contributed by atoms with van der Waals surface area (Å²) in [6.45, 7) is 11.0. The van der Waals surface area contributed by atoms with Gasteiger partial charge < -0.3 is 33.2 Å². The molecule has 0 radical (unpaired) electrons. The first-order valence-electron chi connectivity index (χ1n) is 14.6. The zero-order chi connectivity index (χ0) is 29.0. The van der Waals surface area contributed by atoms with E-state index in [0.29, 0.717) is 79.3 Å². The molecule has 0 aliphatic heterocycles. The number of benzene rings is 1. The smallest absolute Gasteiger partial charge is 0.297 e. The largest absolute Gasteiger partial charge is 0.379 e. The van der Waals surface area contributed by atoms with Crippen LogP contribution in [0.15, 0.2) is 29.2 Å². The van der Waals surface area contributed by atoms with Crippen molar-refractivity contribution in [1.29, 1.82) is 0 Å². The normalized spacial score (nSPS) is 11.8. The van der Waals surface area contributed by atoms with Crippen LogP contribution in [0.5, 0.6) is 0 Å². The minimum Gasteiger partial charge on any atom is -0.379 e. The van der Waals surface area contributed by atoms with Gasteiger partial charge in [-0.25, -0.2) is 0 Å². The van der Waals surface area contributed by atoms with Crippen LogP contribution in [0.25, 0.3) is 0 Å². The van der Waals surface area contributed by atoms with Crippen molar-refractivity contribution in [3.05, 3.63) is 29.8 Å². The lowest BCUT2D eigenvalue weighted by Gasteiger charge is -2.09. The Labute approximate surface area is 242 Å². The molecule has 1 rings (SSSR count). The molecule has 0 unspecified atom stereocenters. The van der Waals surface area contributed by atoms with Gasteiger partial charge in [-0.15, -0.1) is 0 Å². The minimum atomic E-state index is -3.76. The van der Waals surface area contributed by atoms with Crippen LogP contribution in [-0.2, 0) is 47.5 Å². The summed E-state index contributed by atoms with van der Waals surface area (Å²) in [6, 6.07) is 6.50. The molecule has 0 N–H and O–H groups in total. The standard InChI is InChI=1S/C29H52O10S/c1-3-4-5-6-7-8-13-32-14-15-33-16-17-34-18-19-35-20-21-36-22-23-37-24-25-38-26-27-39-40(30,31)29-11-9-28(2)10-12-29/h9-12H,3-8,13-27H2,1-2H3. The third-order valence-electron chi connectivity index (χ3n) is 5.65. The number of hydrogen-bond acceptors (Lipinski definition) is 10. The first-order chi connectivity index (χ1) is 19.6. The van der Waals surface area contributed by atoms with E-state index in [2.05, 4.69) is 6.92 Å². The molecule has 40 heavy (non-hydrogen) atoms. The van der Waals surface area contributed by atoms with Crippen molar-refractivity contribution in [2.45, 2.75) is 57.3 Å². The first kappa shape index (κ1) is 36.9. The SMILES string of the molecule is CCCCCCCCOCCOCCOCCOCCOCCOCCOCCOS(=O)(=O)c1ccc(C)cc1. The Morgan fingerprint density at radius 1 is 0.475 bits per heavy atom. The quantitative estimate of drug-likeness (QED) is 0.0954. The Balaban J connectivity index is 1.72. The number of hydrogen-bond donors (Lipinski definition) is 0. The summed E-state index contributed by atoms with van der Waals surface area (Å²) in [5.74, 6) is 0. The molecule has 1 aromatic carbocycles. The molecule has 0 bridgehead atoms. The molecule has 10 nitrogen and oxygen atoms in total. The molecule has 0 saturated carbocycles. The van der Waals surface area contributed by atoms with E-state index in [-0.39, 0.29) is 18.1 Å². The molecule has 0 heterocycles. The van der Waals surface area contributed by atoms with E-state index in [1.165, 1.54) is 44.2 Å². The summed E-state index contributed by atoms with van der Waals surface area (Å²) in [4.78, 5) is 0.136. The highest BCUT2D eigenvalue weighted by Crippen LogP contribution is 2.13. The fourth-order valence-corrected chi connectivity index (χ4v) is 4.27. The number of ether oxygens (including phenoxy) is 7. The maximum absolute atomic E-state index is 12.1.